The van der Waals surface area contributed by atoms with E-state index in [9.17, 15) is 8.42 Å². The van der Waals surface area contributed by atoms with E-state index in [1.807, 2.05) is 25.9 Å². The molecule has 6 nitrogen and oxygen atoms in total. The van der Waals surface area contributed by atoms with Crippen LogP contribution in [0.15, 0.2) is 4.90 Å². The van der Waals surface area contributed by atoms with E-state index in [0.717, 1.165) is 0 Å². The second-order valence-corrected chi connectivity index (χ2v) is 6.20. The van der Waals surface area contributed by atoms with E-state index in [2.05, 4.69) is 14.9 Å². The van der Waals surface area contributed by atoms with Gasteiger partial charge in [0, 0.05) is 12.6 Å². The molecule has 0 amide bonds. The largest absolute Gasteiger partial charge is 0.308 e. The first kappa shape index (κ1) is 14.1. The number of hydrogen-bond acceptors (Lipinski definition) is 4. The van der Waals surface area contributed by atoms with Crippen LogP contribution in [0.4, 0.5) is 0 Å². The molecular weight excluding hydrogens is 240 g/mol. The van der Waals surface area contributed by atoms with Crippen LogP contribution in [0.1, 0.15) is 18.3 Å². The number of H-pyrrole nitrogens is 1. The summed E-state index contributed by atoms with van der Waals surface area (Å²) in [6.45, 7) is 5.86. The molecule has 0 aliphatic heterocycles. The Kier molecular flexibility index (Phi) is 4.29. The fourth-order valence-electron chi connectivity index (χ4n) is 1.85. The van der Waals surface area contributed by atoms with E-state index >= 15 is 0 Å². The van der Waals surface area contributed by atoms with Gasteiger partial charge in [-0.05, 0) is 34.9 Å². The van der Waals surface area contributed by atoms with E-state index in [4.69, 9.17) is 0 Å². The molecule has 1 atom stereocenters. The maximum absolute atomic E-state index is 12.1. The Hall–Kier alpha value is -0.920. The molecular formula is C10H20N4O2S. The first-order valence-corrected chi connectivity index (χ1v) is 6.91. The van der Waals surface area contributed by atoms with Crippen LogP contribution in [-0.4, -0.2) is 50.2 Å². The van der Waals surface area contributed by atoms with Crippen molar-refractivity contribution in [1.82, 2.24) is 19.8 Å². The molecule has 1 heterocycles. The summed E-state index contributed by atoms with van der Waals surface area (Å²) in [4.78, 5) is 2.19. The van der Waals surface area contributed by atoms with Crippen LogP contribution in [0.25, 0.3) is 0 Å². The van der Waals surface area contributed by atoms with Crippen LogP contribution in [0, 0.1) is 13.8 Å². The lowest BCUT2D eigenvalue weighted by Gasteiger charge is -2.18. The SMILES string of the molecule is Cc1n[nH]c(C)c1S(=O)(=O)NC(C)CN(C)C. The number of likely N-dealkylation sites (N-methyl/N-ethyl adjacent to an activating group) is 1. The molecule has 0 saturated heterocycles. The molecule has 1 rings (SSSR count). The number of hydrogen-bond donors (Lipinski definition) is 2. The summed E-state index contributed by atoms with van der Waals surface area (Å²) in [6, 6.07) is -0.149. The van der Waals surface area contributed by atoms with E-state index in [0.29, 0.717) is 17.9 Å². The molecule has 0 fully saturated rings. The lowest BCUT2D eigenvalue weighted by molar-refractivity contribution is 0.370. The van der Waals surface area contributed by atoms with Gasteiger partial charge in [0.25, 0.3) is 0 Å². The van der Waals surface area contributed by atoms with Crippen molar-refractivity contribution in [1.29, 1.82) is 0 Å². The maximum Gasteiger partial charge on any atom is 0.244 e. The van der Waals surface area contributed by atoms with Crippen molar-refractivity contribution in [3.8, 4) is 0 Å². The summed E-state index contributed by atoms with van der Waals surface area (Å²) in [5, 5.41) is 6.57. The highest BCUT2D eigenvalue weighted by Crippen LogP contribution is 2.16. The van der Waals surface area contributed by atoms with Crippen molar-refractivity contribution in [2.75, 3.05) is 20.6 Å². The summed E-state index contributed by atoms with van der Waals surface area (Å²) >= 11 is 0. The number of aryl methyl sites for hydroxylation is 2. The van der Waals surface area contributed by atoms with Crippen molar-refractivity contribution >= 4 is 10.0 Å². The standard InChI is InChI=1S/C10H20N4O2S/c1-7(6-14(4)5)13-17(15,16)10-8(2)11-12-9(10)3/h7,13H,6H2,1-5H3,(H,11,12). The van der Waals surface area contributed by atoms with Gasteiger partial charge in [-0.3, -0.25) is 5.10 Å². The topological polar surface area (TPSA) is 78.1 Å². The molecule has 1 aromatic heterocycles. The highest BCUT2D eigenvalue weighted by atomic mass is 32.2. The fourth-order valence-corrected chi connectivity index (χ4v) is 3.45. The summed E-state index contributed by atoms with van der Waals surface area (Å²) in [5.74, 6) is 0. The lowest BCUT2D eigenvalue weighted by atomic mass is 10.3. The van der Waals surface area contributed by atoms with Gasteiger partial charge in [0.05, 0.1) is 11.4 Å². The van der Waals surface area contributed by atoms with Crippen LogP contribution < -0.4 is 4.72 Å². The predicted octanol–water partition coefficient (Wildman–Crippen LogP) is 0.255. The Bertz CT molecular complexity index is 459. The summed E-state index contributed by atoms with van der Waals surface area (Å²) in [7, 11) is 0.310. The van der Waals surface area contributed by atoms with Crippen LogP contribution in [0.2, 0.25) is 0 Å². The van der Waals surface area contributed by atoms with Gasteiger partial charge in [0.2, 0.25) is 10.0 Å². The zero-order chi connectivity index (χ0) is 13.2. The number of sulfonamides is 1. The highest BCUT2D eigenvalue weighted by Gasteiger charge is 2.23. The first-order valence-electron chi connectivity index (χ1n) is 5.42. The Labute approximate surface area is 102 Å². The second kappa shape index (κ2) is 5.16. The van der Waals surface area contributed by atoms with Crippen LogP contribution >= 0.6 is 0 Å². The quantitative estimate of drug-likeness (QED) is 0.796. The lowest BCUT2D eigenvalue weighted by Crippen LogP contribution is -2.39. The van der Waals surface area contributed by atoms with Crippen molar-refractivity contribution in [2.45, 2.75) is 31.7 Å². The number of rotatable bonds is 5. The van der Waals surface area contributed by atoms with Gasteiger partial charge in [-0.1, -0.05) is 0 Å². The molecule has 2 N–H and O–H groups in total. The molecule has 0 aliphatic rings. The van der Waals surface area contributed by atoms with Gasteiger partial charge in [0.1, 0.15) is 4.90 Å². The Morgan fingerprint density at radius 3 is 2.41 bits per heavy atom. The third kappa shape index (κ3) is 3.52. The molecule has 98 valence electrons. The normalized spacial score (nSPS) is 14.2. The van der Waals surface area contributed by atoms with Gasteiger partial charge < -0.3 is 4.90 Å². The summed E-state index contributed by atoms with van der Waals surface area (Å²) in [5.41, 5.74) is 1.05. The van der Waals surface area contributed by atoms with Crippen molar-refractivity contribution in [3.63, 3.8) is 0 Å². The fraction of sp³-hybridized carbons (Fsp3) is 0.700. The molecule has 0 saturated carbocycles. The third-order valence-electron chi connectivity index (χ3n) is 2.32. The Balaban J connectivity index is 2.90. The van der Waals surface area contributed by atoms with E-state index < -0.39 is 10.0 Å². The molecule has 17 heavy (non-hydrogen) atoms. The minimum Gasteiger partial charge on any atom is -0.308 e. The minimum absolute atomic E-state index is 0.149. The number of nitrogens with zero attached hydrogens (tertiary/aromatic N) is 2. The molecule has 0 aliphatic carbocycles. The van der Waals surface area contributed by atoms with Crippen LogP contribution in [0.3, 0.4) is 0 Å². The molecule has 7 heteroatoms. The average Bonchev–Trinajstić information content (AvgIpc) is 2.43. The number of aromatic nitrogens is 2. The molecule has 0 aromatic carbocycles. The number of nitrogens with one attached hydrogen (secondary N) is 2. The zero-order valence-electron chi connectivity index (χ0n) is 10.9. The average molecular weight is 260 g/mol. The maximum atomic E-state index is 12.1. The van der Waals surface area contributed by atoms with Gasteiger partial charge in [-0.2, -0.15) is 5.10 Å². The van der Waals surface area contributed by atoms with E-state index in [1.165, 1.54) is 0 Å². The Morgan fingerprint density at radius 2 is 2.00 bits per heavy atom. The van der Waals surface area contributed by atoms with E-state index in [-0.39, 0.29) is 10.9 Å². The molecule has 0 spiro atoms. The van der Waals surface area contributed by atoms with Gasteiger partial charge in [-0.25, -0.2) is 13.1 Å². The second-order valence-electron chi connectivity index (χ2n) is 4.55. The summed E-state index contributed by atoms with van der Waals surface area (Å²) < 4.78 is 26.9. The molecule has 1 aromatic rings. The molecule has 1 unspecified atom stereocenters. The third-order valence-corrected chi connectivity index (χ3v) is 4.18. The Morgan fingerprint density at radius 1 is 1.41 bits per heavy atom. The van der Waals surface area contributed by atoms with Gasteiger partial charge in [0.15, 0.2) is 0 Å². The monoisotopic (exact) mass is 260 g/mol. The zero-order valence-corrected chi connectivity index (χ0v) is 11.7. The predicted molar refractivity (Wildman–Crippen MR) is 66.4 cm³/mol. The minimum atomic E-state index is -3.49. The van der Waals surface area contributed by atoms with Crippen molar-refractivity contribution in [2.24, 2.45) is 0 Å². The smallest absolute Gasteiger partial charge is 0.244 e. The summed E-state index contributed by atoms with van der Waals surface area (Å²) in [6.07, 6.45) is 0. The van der Waals surface area contributed by atoms with Crippen molar-refractivity contribution < 1.29 is 8.42 Å². The van der Waals surface area contributed by atoms with Gasteiger partial charge in [-0.15, -0.1) is 0 Å². The molecule has 0 radical (unpaired) electrons. The van der Waals surface area contributed by atoms with Gasteiger partial charge >= 0.3 is 0 Å². The van der Waals surface area contributed by atoms with E-state index in [1.54, 1.807) is 13.8 Å². The van der Waals surface area contributed by atoms with Crippen molar-refractivity contribution in [3.05, 3.63) is 11.4 Å². The van der Waals surface area contributed by atoms with Crippen LogP contribution in [0.5, 0.6) is 0 Å². The van der Waals surface area contributed by atoms with Crippen LogP contribution in [-0.2, 0) is 10.0 Å². The molecule has 0 bridgehead atoms. The number of aromatic amines is 1. The highest BCUT2D eigenvalue weighted by molar-refractivity contribution is 7.89. The first-order chi connectivity index (χ1) is 7.74.